The number of aliphatic hydroxyl groups is 1. The van der Waals surface area contributed by atoms with Gasteiger partial charge in [-0.2, -0.15) is 5.10 Å². The zero-order valence-corrected chi connectivity index (χ0v) is 11.8. The van der Waals surface area contributed by atoms with E-state index in [9.17, 15) is 5.11 Å². The Morgan fingerprint density at radius 2 is 2.17 bits per heavy atom. The molecule has 0 amide bonds. The maximum absolute atomic E-state index is 10.6. The smallest absolute Gasteiger partial charge is 0.162 e. The van der Waals surface area contributed by atoms with E-state index >= 15 is 0 Å². The summed E-state index contributed by atoms with van der Waals surface area (Å²) in [6.45, 7) is 6.39. The second-order valence-corrected chi connectivity index (χ2v) is 5.76. The molecular formula is C14H24N2O2. The average molecular weight is 252 g/mol. The zero-order valence-electron chi connectivity index (χ0n) is 11.8. The number of methoxy groups -OCH3 is 1. The Balaban J connectivity index is 2.27. The quantitative estimate of drug-likeness (QED) is 0.896. The van der Waals surface area contributed by atoms with Gasteiger partial charge in [0.05, 0.1) is 13.3 Å². The Morgan fingerprint density at radius 3 is 2.67 bits per heavy atom. The zero-order chi connectivity index (χ0) is 13.3. The number of nitrogens with zero attached hydrogens (tertiary/aromatic N) is 2. The van der Waals surface area contributed by atoms with Crippen LogP contribution in [0.5, 0.6) is 5.75 Å². The second-order valence-electron chi connectivity index (χ2n) is 5.76. The Kier molecular flexibility index (Phi) is 3.95. The van der Waals surface area contributed by atoms with Crippen molar-refractivity contribution in [3.8, 4) is 5.75 Å². The van der Waals surface area contributed by atoms with Gasteiger partial charge in [0.15, 0.2) is 5.75 Å². The summed E-state index contributed by atoms with van der Waals surface area (Å²) < 4.78 is 7.22. The van der Waals surface area contributed by atoms with Gasteiger partial charge in [0, 0.05) is 6.04 Å². The third kappa shape index (κ3) is 2.39. The van der Waals surface area contributed by atoms with Gasteiger partial charge in [0.2, 0.25) is 0 Å². The molecule has 0 bridgehead atoms. The highest BCUT2D eigenvalue weighted by molar-refractivity contribution is 5.28. The summed E-state index contributed by atoms with van der Waals surface area (Å²) in [5.41, 5.74) is 0.839. The minimum absolute atomic E-state index is 0.234. The van der Waals surface area contributed by atoms with Crippen LogP contribution >= 0.6 is 0 Å². The maximum Gasteiger partial charge on any atom is 0.162 e. The van der Waals surface area contributed by atoms with Gasteiger partial charge in [-0.05, 0) is 38.5 Å². The first-order valence-electron chi connectivity index (χ1n) is 6.84. The standard InChI is InChI=1S/C14H24N2O2/c1-9(2)16-13(12(18-4)8-15-16)14(17)11-6-5-10(3)7-11/h8-11,14,17H,5-7H2,1-4H3. The van der Waals surface area contributed by atoms with Crippen molar-refractivity contribution in [1.82, 2.24) is 9.78 Å². The van der Waals surface area contributed by atoms with E-state index in [0.29, 0.717) is 17.6 Å². The molecule has 4 nitrogen and oxygen atoms in total. The number of aliphatic hydroxyl groups excluding tert-OH is 1. The van der Waals surface area contributed by atoms with E-state index in [1.807, 2.05) is 4.68 Å². The van der Waals surface area contributed by atoms with E-state index in [-0.39, 0.29) is 6.04 Å². The number of hydrogen-bond donors (Lipinski definition) is 1. The van der Waals surface area contributed by atoms with Crippen LogP contribution in [0.2, 0.25) is 0 Å². The lowest BCUT2D eigenvalue weighted by atomic mass is 9.96. The molecule has 3 unspecified atom stereocenters. The van der Waals surface area contributed by atoms with Gasteiger partial charge in [0.1, 0.15) is 11.8 Å². The molecule has 1 aliphatic rings. The Morgan fingerprint density at radius 1 is 1.44 bits per heavy atom. The van der Waals surface area contributed by atoms with Crippen molar-refractivity contribution >= 4 is 0 Å². The summed E-state index contributed by atoms with van der Waals surface area (Å²) in [5.74, 6) is 1.75. The molecule has 0 saturated heterocycles. The third-order valence-corrected chi connectivity index (χ3v) is 3.97. The Labute approximate surface area is 109 Å². The summed E-state index contributed by atoms with van der Waals surface area (Å²) in [4.78, 5) is 0. The van der Waals surface area contributed by atoms with Crippen LogP contribution in [-0.4, -0.2) is 22.0 Å². The third-order valence-electron chi connectivity index (χ3n) is 3.97. The lowest BCUT2D eigenvalue weighted by Crippen LogP contribution is -2.17. The van der Waals surface area contributed by atoms with Crippen molar-refractivity contribution in [2.75, 3.05) is 7.11 Å². The molecule has 1 N–H and O–H groups in total. The second kappa shape index (κ2) is 5.31. The van der Waals surface area contributed by atoms with Gasteiger partial charge in [-0.15, -0.1) is 0 Å². The topological polar surface area (TPSA) is 47.3 Å². The minimum atomic E-state index is -0.463. The molecule has 102 valence electrons. The van der Waals surface area contributed by atoms with Crippen molar-refractivity contribution in [3.63, 3.8) is 0 Å². The molecule has 0 aromatic carbocycles. The lowest BCUT2D eigenvalue weighted by Gasteiger charge is -2.22. The first-order chi connectivity index (χ1) is 8.54. The van der Waals surface area contributed by atoms with E-state index in [1.54, 1.807) is 13.3 Å². The predicted molar refractivity (Wildman–Crippen MR) is 70.6 cm³/mol. The molecule has 0 aliphatic heterocycles. The molecule has 1 saturated carbocycles. The van der Waals surface area contributed by atoms with Gasteiger partial charge in [0.25, 0.3) is 0 Å². The highest BCUT2D eigenvalue weighted by Crippen LogP contribution is 2.41. The van der Waals surface area contributed by atoms with Crippen molar-refractivity contribution in [2.45, 2.75) is 52.2 Å². The minimum Gasteiger partial charge on any atom is -0.493 e. The van der Waals surface area contributed by atoms with E-state index in [1.165, 1.54) is 6.42 Å². The van der Waals surface area contributed by atoms with Gasteiger partial charge < -0.3 is 9.84 Å². The van der Waals surface area contributed by atoms with E-state index in [4.69, 9.17) is 4.74 Å². The average Bonchev–Trinajstić information content (AvgIpc) is 2.93. The van der Waals surface area contributed by atoms with Crippen LogP contribution in [0.4, 0.5) is 0 Å². The molecule has 1 heterocycles. The van der Waals surface area contributed by atoms with Crippen LogP contribution in [-0.2, 0) is 0 Å². The molecule has 3 atom stereocenters. The normalized spacial score (nSPS) is 25.7. The molecule has 1 fully saturated rings. The lowest BCUT2D eigenvalue weighted by molar-refractivity contribution is 0.0958. The highest BCUT2D eigenvalue weighted by atomic mass is 16.5. The largest absolute Gasteiger partial charge is 0.493 e. The fourth-order valence-corrected chi connectivity index (χ4v) is 2.97. The number of hydrogen-bond acceptors (Lipinski definition) is 3. The fourth-order valence-electron chi connectivity index (χ4n) is 2.97. The fraction of sp³-hybridized carbons (Fsp3) is 0.786. The van der Waals surface area contributed by atoms with Crippen molar-refractivity contribution in [3.05, 3.63) is 11.9 Å². The molecular weight excluding hydrogens is 228 g/mol. The summed E-state index contributed by atoms with van der Waals surface area (Å²) in [6, 6.07) is 0.234. The maximum atomic E-state index is 10.6. The Bertz CT molecular complexity index is 400. The highest BCUT2D eigenvalue weighted by Gasteiger charge is 2.33. The van der Waals surface area contributed by atoms with Crippen molar-refractivity contribution in [2.24, 2.45) is 11.8 Å². The molecule has 1 aliphatic carbocycles. The van der Waals surface area contributed by atoms with E-state index in [0.717, 1.165) is 18.5 Å². The van der Waals surface area contributed by atoms with Gasteiger partial charge in [-0.25, -0.2) is 0 Å². The molecule has 0 spiro atoms. The number of aromatic nitrogens is 2. The van der Waals surface area contributed by atoms with Crippen LogP contribution < -0.4 is 4.74 Å². The monoisotopic (exact) mass is 252 g/mol. The van der Waals surface area contributed by atoms with E-state index < -0.39 is 6.10 Å². The van der Waals surface area contributed by atoms with Crippen molar-refractivity contribution < 1.29 is 9.84 Å². The van der Waals surface area contributed by atoms with Gasteiger partial charge >= 0.3 is 0 Å². The van der Waals surface area contributed by atoms with E-state index in [2.05, 4.69) is 25.9 Å². The van der Waals surface area contributed by atoms with Crippen LogP contribution in [0, 0.1) is 11.8 Å². The van der Waals surface area contributed by atoms with Crippen LogP contribution in [0.3, 0.4) is 0 Å². The summed E-state index contributed by atoms with van der Waals surface area (Å²) >= 11 is 0. The van der Waals surface area contributed by atoms with Gasteiger partial charge in [-0.3, -0.25) is 4.68 Å². The molecule has 2 rings (SSSR count). The SMILES string of the molecule is COc1cnn(C(C)C)c1C(O)C1CCC(C)C1. The first-order valence-corrected chi connectivity index (χ1v) is 6.84. The Hall–Kier alpha value is -1.03. The summed E-state index contributed by atoms with van der Waals surface area (Å²) in [7, 11) is 1.63. The van der Waals surface area contributed by atoms with Crippen LogP contribution in [0.1, 0.15) is 57.9 Å². The van der Waals surface area contributed by atoms with Crippen molar-refractivity contribution in [1.29, 1.82) is 0 Å². The molecule has 1 aromatic heterocycles. The summed E-state index contributed by atoms with van der Waals surface area (Å²) in [6.07, 6.45) is 4.63. The molecule has 18 heavy (non-hydrogen) atoms. The van der Waals surface area contributed by atoms with Crippen LogP contribution in [0.15, 0.2) is 6.20 Å². The molecule has 0 radical (unpaired) electrons. The predicted octanol–water partition coefficient (Wildman–Crippen LogP) is 2.94. The van der Waals surface area contributed by atoms with Gasteiger partial charge in [-0.1, -0.05) is 13.3 Å². The summed E-state index contributed by atoms with van der Waals surface area (Å²) in [5, 5.41) is 15.0. The number of ether oxygens (including phenoxy) is 1. The molecule has 1 aromatic rings. The molecule has 4 heteroatoms. The number of rotatable bonds is 4. The van der Waals surface area contributed by atoms with Crippen LogP contribution in [0.25, 0.3) is 0 Å². The first kappa shape index (κ1) is 13.4.